The Labute approximate surface area is 191 Å². The molecule has 164 valence electrons. The van der Waals surface area contributed by atoms with Crippen LogP contribution >= 0.6 is 22.9 Å². The van der Waals surface area contributed by atoms with Gasteiger partial charge in [-0.3, -0.25) is 9.69 Å². The number of urea groups is 1. The summed E-state index contributed by atoms with van der Waals surface area (Å²) < 4.78 is 6.06. The lowest BCUT2D eigenvalue weighted by atomic mass is 9.65. The van der Waals surface area contributed by atoms with Crippen molar-refractivity contribution in [3.05, 3.63) is 51.2 Å². The number of nitrogens with zero attached hydrogens (tertiary/aromatic N) is 2. The van der Waals surface area contributed by atoms with E-state index in [1.54, 1.807) is 19.2 Å². The highest BCUT2D eigenvalue weighted by Crippen LogP contribution is 2.44. The number of carbonyl (C=O) groups excluding carboxylic acids is 2. The van der Waals surface area contributed by atoms with Crippen molar-refractivity contribution in [3.63, 3.8) is 0 Å². The third kappa shape index (κ3) is 3.62. The van der Waals surface area contributed by atoms with Crippen molar-refractivity contribution in [2.45, 2.75) is 43.2 Å². The second kappa shape index (κ2) is 8.11. The number of ether oxygens (including phenoxy) is 1. The summed E-state index contributed by atoms with van der Waals surface area (Å²) in [7, 11) is 1.76. The molecule has 3 heterocycles. The van der Waals surface area contributed by atoms with Crippen molar-refractivity contribution in [3.8, 4) is 0 Å². The van der Waals surface area contributed by atoms with Crippen molar-refractivity contribution in [1.82, 2.24) is 10.2 Å². The zero-order valence-electron chi connectivity index (χ0n) is 17.5. The number of nitrogens with one attached hydrogen (secondary N) is 1. The third-order valence-corrected chi connectivity index (χ3v) is 8.26. The van der Waals surface area contributed by atoms with E-state index >= 15 is 0 Å². The van der Waals surface area contributed by atoms with Crippen molar-refractivity contribution in [2.24, 2.45) is 0 Å². The molecule has 6 nitrogen and oxygen atoms in total. The van der Waals surface area contributed by atoms with Crippen LogP contribution in [-0.2, 0) is 10.2 Å². The molecule has 31 heavy (non-hydrogen) atoms. The molecule has 2 aliphatic heterocycles. The van der Waals surface area contributed by atoms with Crippen LogP contribution < -0.4 is 10.2 Å². The first-order chi connectivity index (χ1) is 15.0. The Kier molecular flexibility index (Phi) is 5.44. The maximum absolute atomic E-state index is 13.0. The van der Waals surface area contributed by atoms with Crippen molar-refractivity contribution >= 4 is 40.6 Å². The van der Waals surface area contributed by atoms with Gasteiger partial charge in [0.2, 0.25) is 0 Å². The highest BCUT2D eigenvalue weighted by atomic mass is 35.5. The highest BCUT2D eigenvalue weighted by Gasteiger charge is 2.47. The van der Waals surface area contributed by atoms with E-state index < -0.39 is 0 Å². The molecule has 3 aliphatic rings. The molecule has 0 radical (unpaired) electrons. The third-order valence-electron chi connectivity index (χ3n) is 7.03. The van der Waals surface area contributed by atoms with Crippen LogP contribution in [0.25, 0.3) is 0 Å². The van der Waals surface area contributed by atoms with Crippen molar-refractivity contribution in [2.75, 3.05) is 31.7 Å². The monoisotopic (exact) mass is 459 g/mol. The second-order valence-corrected chi connectivity index (χ2v) is 10.5. The van der Waals surface area contributed by atoms with Crippen LogP contribution in [0.1, 0.15) is 40.9 Å². The number of methoxy groups -OCH3 is 1. The number of anilines is 1. The van der Waals surface area contributed by atoms with Crippen LogP contribution in [0.5, 0.6) is 0 Å². The molecular weight excluding hydrogens is 434 g/mol. The first-order valence-corrected chi connectivity index (χ1v) is 11.9. The Bertz CT molecular complexity index is 988. The molecule has 2 saturated heterocycles. The molecule has 0 unspecified atom stereocenters. The molecule has 1 aromatic carbocycles. The molecule has 0 bridgehead atoms. The Hall–Kier alpha value is -2.09. The Morgan fingerprint density at radius 1 is 1.26 bits per heavy atom. The maximum Gasteiger partial charge on any atom is 0.324 e. The van der Waals surface area contributed by atoms with Gasteiger partial charge in [-0.25, -0.2) is 4.79 Å². The summed E-state index contributed by atoms with van der Waals surface area (Å²) in [6.07, 6.45) is 4.30. The second-order valence-electron chi connectivity index (χ2n) is 8.74. The Morgan fingerprint density at radius 3 is 2.65 bits per heavy atom. The van der Waals surface area contributed by atoms with Gasteiger partial charge in [-0.1, -0.05) is 30.2 Å². The first kappa shape index (κ1) is 20.8. The summed E-state index contributed by atoms with van der Waals surface area (Å²) in [5.74, 6) is -0.122. The Morgan fingerprint density at radius 2 is 2.03 bits per heavy atom. The van der Waals surface area contributed by atoms with E-state index in [9.17, 15) is 9.59 Å². The van der Waals surface area contributed by atoms with Crippen molar-refractivity contribution in [1.29, 1.82) is 0 Å². The number of thiophene rings is 1. The lowest BCUT2D eigenvalue weighted by molar-refractivity contribution is 0.0792. The molecule has 3 amide bonds. The quantitative estimate of drug-likeness (QED) is 0.701. The lowest BCUT2D eigenvalue weighted by Crippen LogP contribution is -2.44. The predicted molar refractivity (Wildman–Crippen MR) is 122 cm³/mol. The molecule has 1 N–H and O–H groups in total. The predicted octanol–water partition coefficient (Wildman–Crippen LogP) is 4.28. The number of rotatable bonds is 6. The van der Waals surface area contributed by atoms with Gasteiger partial charge < -0.3 is 15.0 Å². The lowest BCUT2D eigenvalue weighted by Gasteiger charge is -2.42. The SMILES string of the molecule is COCC1(c2ccc(N3C[C@@H]4[C@H](NC(=O)c5ccc(Cl)s5)CCN4C3=O)cc2)CCC1. The van der Waals surface area contributed by atoms with Gasteiger partial charge in [0.25, 0.3) is 5.91 Å². The van der Waals surface area contributed by atoms with Crippen molar-refractivity contribution < 1.29 is 14.3 Å². The Balaban J connectivity index is 1.28. The van der Waals surface area contributed by atoms with Crippen LogP contribution in [0.15, 0.2) is 36.4 Å². The van der Waals surface area contributed by atoms with E-state index in [2.05, 4.69) is 17.4 Å². The largest absolute Gasteiger partial charge is 0.384 e. The molecule has 8 heteroatoms. The van der Waals surface area contributed by atoms with Gasteiger partial charge in [0.05, 0.1) is 34.4 Å². The molecule has 2 atom stereocenters. The van der Waals surface area contributed by atoms with Gasteiger partial charge in [0.15, 0.2) is 0 Å². The average molecular weight is 460 g/mol. The number of hydrogen-bond acceptors (Lipinski definition) is 4. The number of halogens is 1. The van der Waals surface area contributed by atoms with Crippen LogP contribution in [0.4, 0.5) is 10.5 Å². The molecular formula is C23H26ClN3O3S. The zero-order valence-corrected chi connectivity index (χ0v) is 19.0. The number of fused-ring (bicyclic) bond motifs is 1. The minimum Gasteiger partial charge on any atom is -0.384 e. The normalized spacial score (nSPS) is 24.3. The van der Waals surface area contributed by atoms with E-state index in [4.69, 9.17) is 16.3 Å². The summed E-state index contributed by atoms with van der Waals surface area (Å²) in [6.45, 7) is 1.98. The summed E-state index contributed by atoms with van der Waals surface area (Å²) in [4.78, 5) is 29.9. The van der Waals surface area contributed by atoms with Crippen LogP contribution in [0.2, 0.25) is 4.34 Å². The highest BCUT2D eigenvalue weighted by molar-refractivity contribution is 7.18. The fraction of sp³-hybridized carbons (Fsp3) is 0.478. The topological polar surface area (TPSA) is 61.9 Å². The molecule has 1 aliphatic carbocycles. The fourth-order valence-electron chi connectivity index (χ4n) is 5.19. The van der Waals surface area contributed by atoms with Gasteiger partial charge in [0.1, 0.15) is 0 Å². The van der Waals surface area contributed by atoms with E-state index in [0.717, 1.165) is 31.6 Å². The summed E-state index contributed by atoms with van der Waals surface area (Å²) in [5.41, 5.74) is 2.32. The number of carbonyl (C=O) groups is 2. The van der Waals surface area contributed by atoms with Crippen LogP contribution in [0, 0.1) is 0 Å². The number of benzene rings is 1. The standard InChI is InChI=1S/C23H26ClN3O3S/c1-30-14-23(10-2-11-23)15-3-5-16(6-4-15)27-13-18-17(9-12-26(18)22(27)29)25-21(28)19-7-8-20(24)31-19/h3-8,17-18H,2,9-14H2,1H3,(H,25,28)/t17-,18-/m1/s1. The molecule has 1 saturated carbocycles. The zero-order chi connectivity index (χ0) is 21.6. The minimum absolute atomic E-state index is 0.0157. The van der Waals surface area contributed by atoms with E-state index in [1.807, 2.05) is 21.9 Å². The van der Waals surface area contributed by atoms with E-state index in [-0.39, 0.29) is 29.4 Å². The molecule has 1 aromatic heterocycles. The van der Waals surface area contributed by atoms with Gasteiger partial charge >= 0.3 is 6.03 Å². The van der Waals surface area contributed by atoms with Crippen LogP contribution in [0.3, 0.4) is 0 Å². The van der Waals surface area contributed by atoms with Gasteiger partial charge in [0, 0.05) is 24.8 Å². The number of hydrogen-bond donors (Lipinski definition) is 1. The van der Waals surface area contributed by atoms with E-state index in [0.29, 0.717) is 22.3 Å². The maximum atomic E-state index is 13.0. The van der Waals surface area contributed by atoms with Gasteiger partial charge in [-0.15, -0.1) is 11.3 Å². The average Bonchev–Trinajstić information content (AvgIpc) is 3.43. The molecule has 2 aromatic rings. The minimum atomic E-state index is -0.122. The smallest absolute Gasteiger partial charge is 0.324 e. The molecule has 5 rings (SSSR count). The molecule has 0 spiro atoms. The van der Waals surface area contributed by atoms with Gasteiger partial charge in [-0.2, -0.15) is 0 Å². The summed E-state index contributed by atoms with van der Waals surface area (Å²) >= 11 is 7.23. The summed E-state index contributed by atoms with van der Waals surface area (Å²) in [5, 5.41) is 3.11. The fourth-order valence-corrected chi connectivity index (χ4v) is 6.13. The van der Waals surface area contributed by atoms with Crippen LogP contribution in [-0.4, -0.2) is 55.7 Å². The first-order valence-electron chi connectivity index (χ1n) is 10.7. The molecule has 3 fully saturated rings. The van der Waals surface area contributed by atoms with E-state index in [1.165, 1.54) is 23.3 Å². The summed E-state index contributed by atoms with van der Waals surface area (Å²) in [6, 6.07) is 11.8. The number of amides is 3. The van der Waals surface area contributed by atoms with Gasteiger partial charge in [-0.05, 0) is 49.1 Å².